The summed E-state index contributed by atoms with van der Waals surface area (Å²) in [4.78, 5) is 4.10. The zero-order chi connectivity index (χ0) is 11.1. The van der Waals surface area contributed by atoms with Crippen LogP contribution >= 0.6 is 0 Å². The second-order valence-corrected chi connectivity index (χ2v) is 3.87. The minimum atomic E-state index is 0.0273. The summed E-state index contributed by atoms with van der Waals surface area (Å²) in [5, 5.41) is 8.84. The van der Waals surface area contributed by atoms with Crippen molar-refractivity contribution in [1.29, 1.82) is 0 Å². The number of ether oxygens (including phenoxy) is 1. The average molecular weight is 209 g/mol. The standard InChI is InChI=1S/C12H19NO2/c1-3-4-10(2)9-15-12-6-5-11(8-14)7-13-12/h5-7,10,14H,3-4,8-9H2,1-2H3. The van der Waals surface area contributed by atoms with Gasteiger partial charge in [0.2, 0.25) is 5.88 Å². The summed E-state index contributed by atoms with van der Waals surface area (Å²) in [5.74, 6) is 1.20. The van der Waals surface area contributed by atoms with Gasteiger partial charge in [0.1, 0.15) is 0 Å². The first-order valence-electron chi connectivity index (χ1n) is 5.44. The van der Waals surface area contributed by atoms with E-state index in [2.05, 4.69) is 18.8 Å². The lowest BCUT2D eigenvalue weighted by molar-refractivity contribution is 0.242. The zero-order valence-corrected chi connectivity index (χ0v) is 9.44. The Hall–Kier alpha value is -1.09. The second-order valence-electron chi connectivity index (χ2n) is 3.87. The number of rotatable bonds is 6. The summed E-state index contributed by atoms with van der Waals surface area (Å²) in [7, 11) is 0. The lowest BCUT2D eigenvalue weighted by atomic mass is 10.1. The molecule has 0 fully saturated rings. The molecule has 1 aromatic heterocycles. The molecule has 0 saturated carbocycles. The molecular weight excluding hydrogens is 190 g/mol. The predicted molar refractivity (Wildman–Crippen MR) is 59.7 cm³/mol. The lowest BCUT2D eigenvalue weighted by Gasteiger charge is -2.11. The van der Waals surface area contributed by atoms with Gasteiger partial charge in [0.05, 0.1) is 13.2 Å². The molecule has 0 saturated heterocycles. The van der Waals surface area contributed by atoms with Crippen LogP contribution in [0.25, 0.3) is 0 Å². The van der Waals surface area contributed by atoms with E-state index in [0.717, 1.165) is 5.56 Å². The molecule has 1 unspecified atom stereocenters. The fraction of sp³-hybridized carbons (Fsp3) is 0.583. The smallest absolute Gasteiger partial charge is 0.213 e. The van der Waals surface area contributed by atoms with Gasteiger partial charge < -0.3 is 9.84 Å². The van der Waals surface area contributed by atoms with Crippen molar-refractivity contribution in [2.45, 2.75) is 33.3 Å². The summed E-state index contributed by atoms with van der Waals surface area (Å²) >= 11 is 0. The SMILES string of the molecule is CCCC(C)COc1ccc(CO)cn1. The van der Waals surface area contributed by atoms with E-state index in [1.807, 2.05) is 6.07 Å². The molecule has 0 aliphatic heterocycles. The van der Waals surface area contributed by atoms with Crippen molar-refractivity contribution >= 4 is 0 Å². The van der Waals surface area contributed by atoms with Crippen LogP contribution in [-0.2, 0) is 6.61 Å². The van der Waals surface area contributed by atoms with Crippen molar-refractivity contribution < 1.29 is 9.84 Å². The van der Waals surface area contributed by atoms with Crippen LogP contribution in [0.1, 0.15) is 32.3 Å². The topological polar surface area (TPSA) is 42.4 Å². The summed E-state index contributed by atoms with van der Waals surface area (Å²) in [6, 6.07) is 3.62. The molecule has 0 radical (unpaired) electrons. The van der Waals surface area contributed by atoms with Crippen LogP contribution in [0.15, 0.2) is 18.3 Å². The van der Waals surface area contributed by atoms with Crippen LogP contribution in [0.3, 0.4) is 0 Å². The molecular formula is C12H19NO2. The molecule has 3 heteroatoms. The normalized spacial score (nSPS) is 12.5. The maximum atomic E-state index is 8.84. The number of pyridine rings is 1. The maximum absolute atomic E-state index is 8.84. The number of aliphatic hydroxyl groups excluding tert-OH is 1. The first-order chi connectivity index (χ1) is 7.26. The van der Waals surface area contributed by atoms with Crippen LogP contribution in [0.5, 0.6) is 5.88 Å². The molecule has 0 aliphatic rings. The van der Waals surface area contributed by atoms with E-state index in [-0.39, 0.29) is 6.61 Å². The number of aromatic nitrogens is 1. The van der Waals surface area contributed by atoms with Crippen LogP contribution in [0.4, 0.5) is 0 Å². The van der Waals surface area contributed by atoms with Gasteiger partial charge in [0.25, 0.3) is 0 Å². The van der Waals surface area contributed by atoms with Crippen molar-refractivity contribution in [1.82, 2.24) is 4.98 Å². The highest BCUT2D eigenvalue weighted by atomic mass is 16.5. The molecule has 1 heterocycles. The van der Waals surface area contributed by atoms with Crippen molar-refractivity contribution in [3.05, 3.63) is 23.9 Å². The lowest BCUT2D eigenvalue weighted by Crippen LogP contribution is -2.08. The van der Waals surface area contributed by atoms with E-state index in [1.54, 1.807) is 12.3 Å². The van der Waals surface area contributed by atoms with Crippen molar-refractivity contribution in [3.8, 4) is 5.88 Å². The third kappa shape index (κ3) is 4.30. The first kappa shape index (κ1) is 12.0. The maximum Gasteiger partial charge on any atom is 0.213 e. The Kier molecular flexibility index (Phi) is 5.12. The third-order valence-corrected chi connectivity index (χ3v) is 2.28. The Bertz CT molecular complexity index is 271. The van der Waals surface area contributed by atoms with Crippen molar-refractivity contribution in [2.24, 2.45) is 5.92 Å². The highest BCUT2D eigenvalue weighted by molar-refractivity contribution is 5.16. The monoisotopic (exact) mass is 209 g/mol. The third-order valence-electron chi connectivity index (χ3n) is 2.28. The molecule has 0 aromatic carbocycles. The quantitative estimate of drug-likeness (QED) is 0.782. The first-order valence-corrected chi connectivity index (χ1v) is 5.44. The Morgan fingerprint density at radius 2 is 2.27 bits per heavy atom. The molecule has 1 atom stereocenters. The van der Waals surface area contributed by atoms with Gasteiger partial charge in [-0.1, -0.05) is 20.3 Å². The minimum absolute atomic E-state index is 0.0273. The Morgan fingerprint density at radius 1 is 1.47 bits per heavy atom. The van der Waals surface area contributed by atoms with E-state index in [1.165, 1.54) is 12.8 Å². The van der Waals surface area contributed by atoms with E-state index in [4.69, 9.17) is 9.84 Å². The summed E-state index contributed by atoms with van der Waals surface area (Å²) < 4.78 is 5.53. The molecule has 0 aliphatic carbocycles. The van der Waals surface area contributed by atoms with Crippen molar-refractivity contribution in [3.63, 3.8) is 0 Å². The van der Waals surface area contributed by atoms with Crippen LogP contribution in [0.2, 0.25) is 0 Å². The van der Waals surface area contributed by atoms with E-state index in [0.29, 0.717) is 18.4 Å². The summed E-state index contributed by atoms with van der Waals surface area (Å²) in [5.41, 5.74) is 0.809. The number of hydrogen-bond acceptors (Lipinski definition) is 3. The molecule has 1 rings (SSSR count). The highest BCUT2D eigenvalue weighted by Crippen LogP contribution is 2.11. The number of hydrogen-bond donors (Lipinski definition) is 1. The fourth-order valence-electron chi connectivity index (χ4n) is 1.39. The molecule has 0 amide bonds. The minimum Gasteiger partial charge on any atom is -0.477 e. The van der Waals surface area contributed by atoms with Crippen LogP contribution in [0, 0.1) is 5.92 Å². The highest BCUT2D eigenvalue weighted by Gasteiger charge is 2.02. The van der Waals surface area contributed by atoms with Gasteiger partial charge in [0, 0.05) is 12.3 Å². The molecule has 1 N–H and O–H groups in total. The van der Waals surface area contributed by atoms with Crippen LogP contribution in [-0.4, -0.2) is 16.7 Å². The van der Waals surface area contributed by atoms with Gasteiger partial charge in [-0.2, -0.15) is 0 Å². The summed E-state index contributed by atoms with van der Waals surface area (Å²) in [6.07, 6.45) is 4.00. The van der Waals surface area contributed by atoms with Crippen molar-refractivity contribution in [2.75, 3.05) is 6.61 Å². The zero-order valence-electron chi connectivity index (χ0n) is 9.44. The molecule has 84 valence electrons. The van der Waals surface area contributed by atoms with Gasteiger partial charge in [-0.15, -0.1) is 0 Å². The molecule has 0 bridgehead atoms. The molecule has 1 aromatic rings. The van der Waals surface area contributed by atoms with Gasteiger partial charge in [-0.3, -0.25) is 0 Å². The molecule has 0 spiro atoms. The van der Waals surface area contributed by atoms with E-state index < -0.39 is 0 Å². The largest absolute Gasteiger partial charge is 0.477 e. The van der Waals surface area contributed by atoms with E-state index in [9.17, 15) is 0 Å². The van der Waals surface area contributed by atoms with Gasteiger partial charge in [-0.25, -0.2) is 4.98 Å². The van der Waals surface area contributed by atoms with Crippen LogP contribution < -0.4 is 4.74 Å². The summed E-state index contributed by atoms with van der Waals surface area (Å²) in [6.45, 7) is 5.08. The number of nitrogens with zero attached hydrogens (tertiary/aromatic N) is 1. The molecule has 3 nitrogen and oxygen atoms in total. The van der Waals surface area contributed by atoms with Gasteiger partial charge in [-0.05, 0) is 24.0 Å². The number of aliphatic hydroxyl groups is 1. The Labute approximate surface area is 91.1 Å². The Morgan fingerprint density at radius 3 is 2.80 bits per heavy atom. The van der Waals surface area contributed by atoms with Gasteiger partial charge in [0.15, 0.2) is 0 Å². The second kappa shape index (κ2) is 6.40. The fourth-order valence-corrected chi connectivity index (χ4v) is 1.39. The molecule has 15 heavy (non-hydrogen) atoms. The van der Waals surface area contributed by atoms with Gasteiger partial charge >= 0.3 is 0 Å². The Balaban J connectivity index is 2.37. The average Bonchev–Trinajstić information content (AvgIpc) is 2.27. The predicted octanol–water partition coefficient (Wildman–Crippen LogP) is 2.39. The van der Waals surface area contributed by atoms with E-state index >= 15 is 0 Å².